The summed E-state index contributed by atoms with van der Waals surface area (Å²) in [4.78, 5) is 33.0. The van der Waals surface area contributed by atoms with E-state index in [9.17, 15) is 18.9 Å². The number of carbonyl (C=O) groups is 3. The van der Waals surface area contributed by atoms with E-state index in [1.807, 2.05) is 0 Å². The van der Waals surface area contributed by atoms with Gasteiger partial charge in [0.05, 0.1) is 6.42 Å². The quantitative estimate of drug-likeness (QED) is 0.293. The highest BCUT2D eigenvalue weighted by Crippen LogP contribution is 2.51. The predicted molar refractivity (Wildman–Crippen MR) is 90.5 cm³/mol. The van der Waals surface area contributed by atoms with Crippen LogP contribution < -0.4 is 10.3 Å². The molecule has 10 heteroatoms. The zero-order valence-electron chi connectivity index (χ0n) is 11.8. The van der Waals surface area contributed by atoms with E-state index in [4.69, 9.17) is 20.5 Å². The molecular weight excluding hydrogens is 440 g/mol. The molecule has 0 saturated heterocycles. The summed E-state index contributed by atoms with van der Waals surface area (Å²) in [6.45, 7) is 0. The van der Waals surface area contributed by atoms with Crippen molar-refractivity contribution in [3.8, 4) is 5.75 Å². The molecule has 0 aromatic heterocycles. The van der Waals surface area contributed by atoms with Gasteiger partial charge >= 0.3 is 19.3 Å². The van der Waals surface area contributed by atoms with Gasteiger partial charge in [0.15, 0.2) is 0 Å². The van der Waals surface area contributed by atoms with Crippen molar-refractivity contribution in [2.45, 2.75) is 18.9 Å². The maximum Gasteiger partial charge on any atom is 0.322 e. The molecule has 1 unspecified atom stereocenters. The summed E-state index contributed by atoms with van der Waals surface area (Å²) >= 11 is 1.33. The molecule has 0 spiro atoms. The first kappa shape index (κ1) is 19.6. The van der Waals surface area contributed by atoms with Gasteiger partial charge in [-0.2, -0.15) is 0 Å². The molecule has 126 valence electrons. The number of carboxylic acid groups (broad SMARTS) is 2. The second-order valence-corrected chi connectivity index (χ2v) is 8.91. The van der Waals surface area contributed by atoms with E-state index in [0.717, 1.165) is 0 Å². The molecule has 0 aliphatic heterocycles. The standard InChI is InChI=1S/C13H15INO7P/c14-13(20)23(21,5-4-10(15)12(18)19)22-9-3-1-2-8(6-9)7-11(16)17/h1-3,6,10H,4-5,7,15H2,(H,16,17)(H,18,19)/t10-,23?/m1/s1. The van der Waals surface area contributed by atoms with Gasteiger partial charge in [0.2, 0.25) is 0 Å². The highest BCUT2D eigenvalue weighted by Gasteiger charge is 2.33. The maximum atomic E-state index is 12.6. The minimum absolute atomic E-state index is 0.0843. The zero-order chi connectivity index (χ0) is 17.6. The fourth-order valence-electron chi connectivity index (χ4n) is 1.66. The van der Waals surface area contributed by atoms with Gasteiger partial charge in [-0.05, 0) is 24.1 Å². The lowest BCUT2D eigenvalue weighted by Crippen LogP contribution is -2.31. The molecule has 0 heterocycles. The van der Waals surface area contributed by atoms with Crippen LogP contribution in [0.5, 0.6) is 5.75 Å². The number of hydrogen-bond acceptors (Lipinski definition) is 6. The van der Waals surface area contributed by atoms with Gasteiger partial charge in [-0.15, -0.1) is 0 Å². The van der Waals surface area contributed by atoms with Crippen LogP contribution in [0.4, 0.5) is 4.79 Å². The third-order valence-electron chi connectivity index (χ3n) is 2.83. The smallest absolute Gasteiger partial charge is 0.322 e. The van der Waals surface area contributed by atoms with Crippen LogP contribution in [0.2, 0.25) is 0 Å². The fourth-order valence-corrected chi connectivity index (χ4v) is 4.09. The van der Waals surface area contributed by atoms with Gasteiger partial charge in [-0.3, -0.25) is 18.9 Å². The van der Waals surface area contributed by atoms with Crippen LogP contribution in [0.1, 0.15) is 12.0 Å². The van der Waals surface area contributed by atoms with Crippen LogP contribution in [0.3, 0.4) is 0 Å². The molecule has 0 fully saturated rings. The lowest BCUT2D eigenvalue weighted by Gasteiger charge is -2.17. The number of carboxylic acids is 2. The number of aliphatic carboxylic acids is 2. The second-order valence-electron chi connectivity index (χ2n) is 4.69. The number of halogens is 1. The largest absolute Gasteiger partial charge is 0.481 e. The van der Waals surface area contributed by atoms with Gasteiger partial charge in [-0.1, -0.05) is 12.1 Å². The Labute approximate surface area is 145 Å². The first-order valence-electron chi connectivity index (χ1n) is 6.42. The molecule has 2 atom stereocenters. The molecular formula is C13H15INO7P. The lowest BCUT2D eigenvalue weighted by molar-refractivity contribution is -0.138. The summed E-state index contributed by atoms with van der Waals surface area (Å²) in [5, 5.41) is 17.5. The van der Waals surface area contributed by atoms with Crippen molar-refractivity contribution in [1.29, 1.82) is 0 Å². The average molecular weight is 455 g/mol. The van der Waals surface area contributed by atoms with Crippen molar-refractivity contribution in [1.82, 2.24) is 0 Å². The van der Waals surface area contributed by atoms with Crippen molar-refractivity contribution in [3.05, 3.63) is 29.8 Å². The first-order valence-corrected chi connectivity index (χ1v) is 9.31. The summed E-state index contributed by atoms with van der Waals surface area (Å²) < 4.78 is 17.1. The highest BCUT2D eigenvalue weighted by atomic mass is 127. The molecule has 1 aromatic rings. The van der Waals surface area contributed by atoms with E-state index in [2.05, 4.69) is 0 Å². The van der Waals surface area contributed by atoms with Gasteiger partial charge in [-0.25, -0.2) is 0 Å². The fraction of sp³-hybridized carbons (Fsp3) is 0.308. The van der Waals surface area contributed by atoms with Crippen LogP contribution >= 0.6 is 30.0 Å². The summed E-state index contributed by atoms with van der Waals surface area (Å²) in [6.07, 6.45) is -0.745. The van der Waals surface area contributed by atoms with Gasteiger partial charge in [0.1, 0.15) is 11.8 Å². The Balaban J connectivity index is 2.91. The number of carbonyl (C=O) groups excluding carboxylic acids is 1. The van der Waals surface area contributed by atoms with Gasteiger partial charge in [0.25, 0.3) is 3.53 Å². The lowest BCUT2D eigenvalue weighted by atomic mass is 10.1. The minimum atomic E-state index is -3.80. The third kappa shape index (κ3) is 6.28. The zero-order valence-corrected chi connectivity index (χ0v) is 14.9. The summed E-state index contributed by atoms with van der Waals surface area (Å²) in [7, 11) is -3.80. The predicted octanol–water partition coefficient (Wildman–Crippen LogP) is 2.33. The van der Waals surface area contributed by atoms with Crippen molar-refractivity contribution >= 4 is 45.4 Å². The van der Waals surface area contributed by atoms with Gasteiger partial charge < -0.3 is 20.5 Å². The van der Waals surface area contributed by atoms with Crippen molar-refractivity contribution in [2.75, 3.05) is 6.16 Å². The summed E-state index contributed by atoms with van der Waals surface area (Å²) in [5.74, 6) is -2.22. The Morgan fingerprint density at radius 2 is 1.96 bits per heavy atom. The van der Waals surface area contributed by atoms with E-state index < -0.39 is 28.9 Å². The van der Waals surface area contributed by atoms with E-state index in [1.165, 1.54) is 40.8 Å². The molecule has 0 aliphatic carbocycles. The van der Waals surface area contributed by atoms with E-state index in [-0.39, 0.29) is 24.8 Å². The number of benzene rings is 1. The molecule has 0 radical (unpaired) electrons. The first-order chi connectivity index (χ1) is 10.6. The normalized spacial score (nSPS) is 14.5. The molecule has 4 N–H and O–H groups in total. The van der Waals surface area contributed by atoms with Crippen LogP contribution in [0, 0.1) is 0 Å². The van der Waals surface area contributed by atoms with Crippen LogP contribution in [-0.2, 0) is 20.6 Å². The minimum Gasteiger partial charge on any atom is -0.481 e. The topological polar surface area (TPSA) is 144 Å². The Morgan fingerprint density at radius 1 is 1.30 bits per heavy atom. The van der Waals surface area contributed by atoms with Crippen LogP contribution in [0.25, 0.3) is 0 Å². The van der Waals surface area contributed by atoms with E-state index >= 15 is 0 Å². The van der Waals surface area contributed by atoms with E-state index in [1.54, 1.807) is 6.07 Å². The molecule has 23 heavy (non-hydrogen) atoms. The Morgan fingerprint density at radius 3 is 2.48 bits per heavy atom. The molecule has 1 rings (SSSR count). The number of hydrogen-bond donors (Lipinski definition) is 3. The Hall–Kier alpha value is -1.45. The van der Waals surface area contributed by atoms with Crippen molar-refractivity contribution < 1.29 is 33.7 Å². The second kappa shape index (κ2) is 8.42. The summed E-state index contributed by atoms with van der Waals surface area (Å²) in [5.41, 5.74) is 5.76. The monoisotopic (exact) mass is 455 g/mol. The highest BCUT2D eigenvalue weighted by molar-refractivity contribution is 14.1. The van der Waals surface area contributed by atoms with Crippen molar-refractivity contribution in [2.24, 2.45) is 5.73 Å². The van der Waals surface area contributed by atoms with Crippen LogP contribution in [0.15, 0.2) is 24.3 Å². The molecule has 0 aliphatic rings. The SMILES string of the molecule is N[C@H](CCP(=O)(Oc1cccc(CC(=O)O)c1)C(=O)I)C(=O)O. The van der Waals surface area contributed by atoms with Crippen LogP contribution in [-0.4, -0.2) is 37.9 Å². The Kier molecular flexibility index (Phi) is 7.17. The average Bonchev–Trinajstić information content (AvgIpc) is 2.44. The Bertz CT molecular complexity index is 663. The van der Waals surface area contributed by atoms with E-state index in [0.29, 0.717) is 5.56 Å². The molecule has 8 nitrogen and oxygen atoms in total. The summed E-state index contributed by atoms with van der Waals surface area (Å²) in [6, 6.07) is 4.63. The number of nitrogens with two attached hydrogens (primary N) is 1. The van der Waals surface area contributed by atoms with Gasteiger partial charge in [0, 0.05) is 28.8 Å². The maximum absolute atomic E-state index is 12.6. The molecule has 1 aromatic carbocycles. The number of rotatable bonds is 9. The van der Waals surface area contributed by atoms with Crippen molar-refractivity contribution in [3.63, 3.8) is 0 Å². The molecule has 0 saturated carbocycles. The molecule has 0 amide bonds. The third-order valence-corrected chi connectivity index (χ3v) is 6.92. The molecule has 0 bridgehead atoms.